The summed E-state index contributed by atoms with van der Waals surface area (Å²) in [5, 5.41) is 26.7. The van der Waals surface area contributed by atoms with E-state index in [1.165, 1.54) is 18.2 Å². The Morgan fingerprint density at radius 1 is 1.16 bits per heavy atom. The first-order chi connectivity index (χ1) is 17.5. The number of amidine groups is 1. The van der Waals surface area contributed by atoms with Crippen LogP contribution in [0.1, 0.15) is 35.3 Å². The molecule has 0 aliphatic carbocycles. The van der Waals surface area contributed by atoms with Gasteiger partial charge in [-0.15, -0.1) is 0 Å². The van der Waals surface area contributed by atoms with E-state index in [-0.39, 0.29) is 51.9 Å². The molecule has 0 fully saturated rings. The topological polar surface area (TPSA) is 198 Å². The highest BCUT2D eigenvalue weighted by Gasteiger charge is 2.21. The zero-order valence-electron chi connectivity index (χ0n) is 20.0. The van der Waals surface area contributed by atoms with E-state index < -0.39 is 24.0 Å². The van der Waals surface area contributed by atoms with Gasteiger partial charge in [-0.2, -0.15) is 0 Å². The largest absolute Gasteiger partial charge is 0.478 e. The molecule has 0 bridgehead atoms. The van der Waals surface area contributed by atoms with E-state index in [9.17, 15) is 19.5 Å². The first-order valence-corrected chi connectivity index (χ1v) is 11.4. The number of aromatic carboxylic acids is 1. The number of carbonyl (C=O) groups is 2. The fraction of sp³-hybridized carbons (Fsp3) is 0.208. The maximum atomic E-state index is 13.3. The number of aromatic nitrogens is 2. The standard InChI is InChI=1S/C24H26ClN7O5/c1-12(2)29-22-23(34)32(11-18(33)28-10-13-3-5-14(6-4-13)21(27)31-37)19(20(25)30-22)15-7-16(24(35)36)9-17(26)8-15/h3-9,12,37H,10-11,26H2,1-2H3,(H2,27,31)(H,28,33)(H,29,30)(H,35,36). The lowest BCUT2D eigenvalue weighted by molar-refractivity contribution is -0.121. The number of hydrogen-bond donors (Lipinski definition) is 6. The molecule has 2 aromatic carbocycles. The Morgan fingerprint density at radius 3 is 2.43 bits per heavy atom. The number of nitrogens with zero attached hydrogens (tertiary/aromatic N) is 3. The molecule has 1 aromatic heterocycles. The number of oxime groups is 1. The smallest absolute Gasteiger partial charge is 0.335 e. The van der Waals surface area contributed by atoms with Crippen molar-refractivity contribution in [1.29, 1.82) is 0 Å². The van der Waals surface area contributed by atoms with Crippen LogP contribution in [0.15, 0.2) is 52.4 Å². The number of benzene rings is 2. The Hall–Kier alpha value is -4.58. The zero-order chi connectivity index (χ0) is 27.3. The Morgan fingerprint density at radius 2 is 1.84 bits per heavy atom. The highest BCUT2D eigenvalue weighted by molar-refractivity contribution is 6.32. The van der Waals surface area contributed by atoms with Gasteiger partial charge in [-0.05, 0) is 37.6 Å². The van der Waals surface area contributed by atoms with Crippen LogP contribution >= 0.6 is 11.6 Å². The number of carbonyl (C=O) groups excluding carboxylic acids is 1. The Kier molecular flexibility index (Phi) is 8.35. The predicted molar refractivity (Wildman–Crippen MR) is 140 cm³/mol. The van der Waals surface area contributed by atoms with Crippen molar-refractivity contribution in [3.8, 4) is 11.3 Å². The van der Waals surface area contributed by atoms with Crippen LogP contribution in [0.25, 0.3) is 11.3 Å². The second kappa shape index (κ2) is 11.4. The molecule has 0 spiro atoms. The second-order valence-corrected chi connectivity index (χ2v) is 8.76. The Bertz CT molecular complexity index is 1420. The van der Waals surface area contributed by atoms with Gasteiger partial charge < -0.3 is 32.4 Å². The van der Waals surface area contributed by atoms with E-state index in [0.717, 1.165) is 10.1 Å². The second-order valence-electron chi connectivity index (χ2n) is 8.40. The number of hydrogen-bond acceptors (Lipinski definition) is 8. The molecule has 8 N–H and O–H groups in total. The van der Waals surface area contributed by atoms with Crippen molar-refractivity contribution in [3.05, 3.63) is 74.7 Å². The fourth-order valence-electron chi connectivity index (χ4n) is 3.50. The van der Waals surface area contributed by atoms with Crippen LogP contribution in [0.5, 0.6) is 0 Å². The maximum Gasteiger partial charge on any atom is 0.335 e. The van der Waals surface area contributed by atoms with Gasteiger partial charge in [0.2, 0.25) is 5.91 Å². The van der Waals surface area contributed by atoms with Gasteiger partial charge in [0.15, 0.2) is 16.8 Å². The molecule has 194 valence electrons. The van der Waals surface area contributed by atoms with E-state index in [4.69, 9.17) is 28.3 Å². The molecule has 0 aliphatic rings. The molecule has 3 rings (SSSR count). The number of rotatable bonds is 9. The average Bonchev–Trinajstić information content (AvgIpc) is 2.84. The first-order valence-electron chi connectivity index (χ1n) is 11.0. The predicted octanol–water partition coefficient (Wildman–Crippen LogP) is 2.08. The molecule has 0 atom stereocenters. The number of carboxylic acids is 1. The summed E-state index contributed by atoms with van der Waals surface area (Å²) in [6.45, 7) is 3.32. The van der Waals surface area contributed by atoms with Gasteiger partial charge in [-0.1, -0.05) is 41.0 Å². The van der Waals surface area contributed by atoms with Crippen LogP contribution in [0.3, 0.4) is 0 Å². The van der Waals surface area contributed by atoms with Crippen molar-refractivity contribution in [2.75, 3.05) is 11.1 Å². The summed E-state index contributed by atoms with van der Waals surface area (Å²) in [6.07, 6.45) is 0. The monoisotopic (exact) mass is 527 g/mol. The van der Waals surface area contributed by atoms with Crippen molar-refractivity contribution in [2.45, 2.75) is 33.0 Å². The molecule has 0 aliphatic heterocycles. The van der Waals surface area contributed by atoms with E-state index in [0.29, 0.717) is 5.56 Å². The van der Waals surface area contributed by atoms with Gasteiger partial charge in [0.05, 0.1) is 11.3 Å². The SMILES string of the molecule is CC(C)Nc1nc(Cl)c(-c2cc(N)cc(C(=O)O)c2)n(CC(=O)NCc2ccc(C(N)=NO)cc2)c1=O. The van der Waals surface area contributed by atoms with Crippen molar-refractivity contribution >= 4 is 40.8 Å². The maximum absolute atomic E-state index is 13.3. The summed E-state index contributed by atoms with van der Waals surface area (Å²) in [7, 11) is 0. The third-order valence-electron chi connectivity index (χ3n) is 5.17. The molecule has 0 unspecified atom stereocenters. The number of halogens is 1. The highest BCUT2D eigenvalue weighted by Crippen LogP contribution is 2.29. The first kappa shape index (κ1) is 27.0. The van der Waals surface area contributed by atoms with E-state index in [2.05, 4.69) is 20.8 Å². The molecule has 0 saturated carbocycles. The van der Waals surface area contributed by atoms with E-state index >= 15 is 0 Å². The van der Waals surface area contributed by atoms with Crippen LogP contribution in [-0.4, -0.2) is 43.6 Å². The molecular weight excluding hydrogens is 502 g/mol. The van der Waals surface area contributed by atoms with E-state index in [1.807, 2.05) is 13.8 Å². The number of nitrogen functional groups attached to an aromatic ring is 1. The van der Waals surface area contributed by atoms with Crippen LogP contribution in [0, 0.1) is 0 Å². The lowest BCUT2D eigenvalue weighted by Gasteiger charge is -2.18. The Labute approximate surface area is 216 Å². The van der Waals surface area contributed by atoms with Crippen LogP contribution in [-0.2, 0) is 17.9 Å². The van der Waals surface area contributed by atoms with E-state index in [1.54, 1.807) is 24.3 Å². The molecule has 1 heterocycles. The van der Waals surface area contributed by atoms with Gasteiger partial charge in [-0.3, -0.25) is 14.2 Å². The quantitative estimate of drug-likeness (QED) is 0.0792. The van der Waals surface area contributed by atoms with Gasteiger partial charge in [0.1, 0.15) is 6.54 Å². The molecule has 0 radical (unpaired) electrons. The van der Waals surface area contributed by atoms with Crippen molar-refractivity contribution in [1.82, 2.24) is 14.9 Å². The summed E-state index contributed by atoms with van der Waals surface area (Å²) in [5.41, 5.74) is 12.3. The molecule has 3 aromatic rings. The normalized spacial score (nSPS) is 11.4. The molecule has 37 heavy (non-hydrogen) atoms. The molecule has 13 heteroatoms. The highest BCUT2D eigenvalue weighted by atomic mass is 35.5. The van der Waals surface area contributed by atoms with Crippen molar-refractivity contribution in [2.24, 2.45) is 10.9 Å². The number of nitrogens with two attached hydrogens (primary N) is 2. The molecule has 1 amide bonds. The fourth-order valence-corrected chi connectivity index (χ4v) is 3.79. The van der Waals surface area contributed by atoms with Gasteiger partial charge in [0.25, 0.3) is 5.56 Å². The number of amides is 1. The number of nitrogens with one attached hydrogen (secondary N) is 2. The molecule has 0 saturated heterocycles. The zero-order valence-corrected chi connectivity index (χ0v) is 20.8. The lowest BCUT2D eigenvalue weighted by Crippen LogP contribution is -2.35. The molecular formula is C24H26ClN7O5. The van der Waals surface area contributed by atoms with Crippen LogP contribution in [0.4, 0.5) is 11.5 Å². The van der Waals surface area contributed by atoms with Crippen molar-refractivity contribution < 1.29 is 19.9 Å². The van der Waals surface area contributed by atoms with Gasteiger partial charge in [-0.25, -0.2) is 9.78 Å². The third kappa shape index (κ3) is 6.55. The summed E-state index contributed by atoms with van der Waals surface area (Å²) in [5.74, 6) is -1.84. The number of carboxylic acid groups (broad SMARTS) is 1. The number of anilines is 2. The van der Waals surface area contributed by atoms with Crippen LogP contribution < -0.4 is 27.7 Å². The summed E-state index contributed by atoms with van der Waals surface area (Å²) in [4.78, 5) is 41.9. The Balaban J connectivity index is 1.97. The van der Waals surface area contributed by atoms with Crippen molar-refractivity contribution in [3.63, 3.8) is 0 Å². The minimum atomic E-state index is -1.22. The minimum Gasteiger partial charge on any atom is -0.478 e. The summed E-state index contributed by atoms with van der Waals surface area (Å²) < 4.78 is 1.12. The summed E-state index contributed by atoms with van der Waals surface area (Å²) in [6, 6.07) is 10.5. The minimum absolute atomic E-state index is 0.0459. The van der Waals surface area contributed by atoms with Gasteiger partial charge in [0, 0.05) is 29.4 Å². The summed E-state index contributed by atoms with van der Waals surface area (Å²) >= 11 is 6.45. The lowest BCUT2D eigenvalue weighted by atomic mass is 10.1. The van der Waals surface area contributed by atoms with Crippen LogP contribution in [0.2, 0.25) is 5.15 Å². The average molecular weight is 528 g/mol. The van der Waals surface area contributed by atoms with Gasteiger partial charge >= 0.3 is 5.97 Å². The molecule has 12 nitrogen and oxygen atoms in total. The third-order valence-corrected chi connectivity index (χ3v) is 5.44.